The van der Waals surface area contributed by atoms with Gasteiger partial charge in [-0.15, -0.1) is 0 Å². The molecule has 3 rings (SSSR count). The van der Waals surface area contributed by atoms with E-state index in [0.29, 0.717) is 19.0 Å². The average Bonchev–Trinajstić information content (AvgIpc) is 2.75. The van der Waals surface area contributed by atoms with Crippen molar-refractivity contribution in [2.75, 3.05) is 44.2 Å². The van der Waals surface area contributed by atoms with Crippen LogP contribution in [0.1, 0.15) is 56.8 Å². The van der Waals surface area contributed by atoms with Crippen molar-refractivity contribution in [2.45, 2.75) is 46.5 Å². The Bertz CT molecular complexity index is 653. The molecule has 154 valence electrons. The standard InChI is InChI=1S/C23H35N3O2/c1-4-24(5-2)21-8-6-19(7-9-21)22(27)26-16-12-20(13-17-26)23(28)25-14-10-18(3)11-15-25/h6-9,18,20H,4-5,10-17H2,1-3H3. The van der Waals surface area contributed by atoms with Crippen molar-refractivity contribution in [1.29, 1.82) is 0 Å². The van der Waals surface area contributed by atoms with Crippen LogP contribution in [0.25, 0.3) is 0 Å². The van der Waals surface area contributed by atoms with Gasteiger partial charge in [-0.3, -0.25) is 9.59 Å². The molecule has 0 aromatic heterocycles. The summed E-state index contributed by atoms with van der Waals surface area (Å²) in [6.45, 7) is 11.6. The highest BCUT2D eigenvalue weighted by Gasteiger charge is 2.31. The highest BCUT2D eigenvalue weighted by Crippen LogP contribution is 2.25. The number of hydrogen-bond donors (Lipinski definition) is 0. The van der Waals surface area contributed by atoms with E-state index >= 15 is 0 Å². The minimum atomic E-state index is 0.0856. The Kier molecular flexibility index (Phi) is 6.97. The number of piperidine rings is 2. The maximum Gasteiger partial charge on any atom is 0.253 e. The van der Waals surface area contributed by atoms with Crippen molar-refractivity contribution >= 4 is 17.5 Å². The van der Waals surface area contributed by atoms with E-state index in [-0.39, 0.29) is 11.8 Å². The second kappa shape index (κ2) is 9.44. The Labute approximate surface area is 169 Å². The van der Waals surface area contributed by atoms with E-state index in [9.17, 15) is 9.59 Å². The van der Waals surface area contributed by atoms with Gasteiger partial charge >= 0.3 is 0 Å². The molecule has 1 aromatic carbocycles. The van der Waals surface area contributed by atoms with Gasteiger partial charge in [0.05, 0.1) is 0 Å². The monoisotopic (exact) mass is 385 g/mol. The molecule has 0 spiro atoms. The maximum atomic E-state index is 12.9. The van der Waals surface area contributed by atoms with Gasteiger partial charge in [0, 0.05) is 56.4 Å². The fourth-order valence-corrected chi connectivity index (χ4v) is 4.40. The van der Waals surface area contributed by atoms with Gasteiger partial charge in [-0.1, -0.05) is 6.92 Å². The predicted octanol–water partition coefficient (Wildman–Crippen LogP) is 3.64. The Hall–Kier alpha value is -2.04. The Morgan fingerprint density at radius 1 is 0.893 bits per heavy atom. The fourth-order valence-electron chi connectivity index (χ4n) is 4.40. The van der Waals surface area contributed by atoms with Crippen LogP contribution < -0.4 is 4.90 Å². The summed E-state index contributed by atoms with van der Waals surface area (Å²) in [5.41, 5.74) is 1.90. The molecule has 2 saturated heterocycles. The third kappa shape index (κ3) is 4.68. The van der Waals surface area contributed by atoms with E-state index in [2.05, 4.69) is 25.7 Å². The van der Waals surface area contributed by atoms with Gasteiger partial charge in [-0.25, -0.2) is 0 Å². The van der Waals surface area contributed by atoms with E-state index in [1.807, 2.05) is 34.1 Å². The van der Waals surface area contributed by atoms with Crippen LogP contribution in [0.15, 0.2) is 24.3 Å². The van der Waals surface area contributed by atoms with Crippen LogP contribution in [0.5, 0.6) is 0 Å². The van der Waals surface area contributed by atoms with Crippen molar-refractivity contribution < 1.29 is 9.59 Å². The van der Waals surface area contributed by atoms with Gasteiger partial charge < -0.3 is 14.7 Å². The van der Waals surface area contributed by atoms with Crippen molar-refractivity contribution in [3.05, 3.63) is 29.8 Å². The van der Waals surface area contributed by atoms with Gasteiger partial charge in [-0.2, -0.15) is 0 Å². The molecule has 0 bridgehead atoms. The van der Waals surface area contributed by atoms with E-state index in [1.54, 1.807) is 0 Å². The minimum absolute atomic E-state index is 0.0856. The third-order valence-corrected chi connectivity index (χ3v) is 6.47. The van der Waals surface area contributed by atoms with Crippen LogP contribution >= 0.6 is 0 Å². The van der Waals surface area contributed by atoms with E-state index in [0.717, 1.165) is 69.0 Å². The van der Waals surface area contributed by atoms with Gasteiger partial charge in [0.15, 0.2) is 0 Å². The molecule has 1 aromatic rings. The molecule has 0 atom stereocenters. The summed E-state index contributed by atoms with van der Waals surface area (Å²) >= 11 is 0. The lowest BCUT2D eigenvalue weighted by molar-refractivity contribution is -0.138. The van der Waals surface area contributed by atoms with E-state index < -0.39 is 0 Å². The molecule has 0 saturated carbocycles. The van der Waals surface area contributed by atoms with E-state index in [1.165, 1.54) is 0 Å². The molecule has 2 heterocycles. The Balaban J connectivity index is 1.53. The predicted molar refractivity (Wildman–Crippen MR) is 114 cm³/mol. The molecular weight excluding hydrogens is 350 g/mol. The van der Waals surface area contributed by atoms with Crippen LogP contribution in [0, 0.1) is 11.8 Å². The second-order valence-corrected chi connectivity index (χ2v) is 8.29. The van der Waals surface area contributed by atoms with Crippen LogP contribution in [-0.4, -0.2) is 60.9 Å². The summed E-state index contributed by atoms with van der Waals surface area (Å²) in [5, 5.41) is 0. The van der Waals surface area contributed by atoms with Gasteiger partial charge in [0.2, 0.25) is 5.91 Å². The SMILES string of the molecule is CCN(CC)c1ccc(C(=O)N2CCC(C(=O)N3CCC(C)CC3)CC2)cc1. The molecule has 0 unspecified atom stereocenters. The minimum Gasteiger partial charge on any atom is -0.372 e. The molecule has 5 heteroatoms. The van der Waals surface area contributed by atoms with Crippen LogP contribution in [0.3, 0.4) is 0 Å². The fraction of sp³-hybridized carbons (Fsp3) is 0.652. The number of nitrogens with zero attached hydrogens (tertiary/aromatic N) is 3. The molecule has 2 aliphatic rings. The lowest BCUT2D eigenvalue weighted by Gasteiger charge is -2.36. The molecule has 0 radical (unpaired) electrons. The topological polar surface area (TPSA) is 43.9 Å². The highest BCUT2D eigenvalue weighted by molar-refractivity contribution is 5.94. The van der Waals surface area contributed by atoms with Gasteiger partial charge in [0.1, 0.15) is 0 Å². The number of amides is 2. The molecule has 5 nitrogen and oxygen atoms in total. The average molecular weight is 386 g/mol. The quantitative estimate of drug-likeness (QED) is 0.777. The third-order valence-electron chi connectivity index (χ3n) is 6.47. The molecule has 28 heavy (non-hydrogen) atoms. The molecule has 2 aliphatic heterocycles. The number of likely N-dealkylation sites (tertiary alicyclic amines) is 2. The molecule has 0 N–H and O–H groups in total. The summed E-state index contributed by atoms with van der Waals surface area (Å²) in [4.78, 5) is 31.9. The summed E-state index contributed by atoms with van der Waals surface area (Å²) in [7, 11) is 0. The number of carbonyl (C=O) groups is 2. The molecule has 2 fully saturated rings. The smallest absolute Gasteiger partial charge is 0.253 e. The molecule has 2 amide bonds. The first-order chi connectivity index (χ1) is 13.5. The summed E-state index contributed by atoms with van der Waals surface area (Å²) < 4.78 is 0. The summed E-state index contributed by atoms with van der Waals surface area (Å²) in [6.07, 6.45) is 3.81. The number of benzene rings is 1. The van der Waals surface area contributed by atoms with Crippen molar-refractivity contribution in [2.24, 2.45) is 11.8 Å². The highest BCUT2D eigenvalue weighted by atomic mass is 16.2. The summed E-state index contributed by atoms with van der Waals surface area (Å²) in [5.74, 6) is 1.21. The first-order valence-electron chi connectivity index (χ1n) is 11.0. The summed E-state index contributed by atoms with van der Waals surface area (Å²) in [6, 6.07) is 7.94. The van der Waals surface area contributed by atoms with Crippen molar-refractivity contribution in [3.8, 4) is 0 Å². The zero-order chi connectivity index (χ0) is 20.1. The normalized spacial score (nSPS) is 19.0. The largest absolute Gasteiger partial charge is 0.372 e. The Morgan fingerprint density at radius 3 is 1.96 bits per heavy atom. The lowest BCUT2D eigenvalue weighted by Crippen LogP contribution is -2.46. The van der Waals surface area contributed by atoms with Crippen LogP contribution in [0.2, 0.25) is 0 Å². The van der Waals surface area contributed by atoms with Crippen molar-refractivity contribution in [3.63, 3.8) is 0 Å². The maximum absolute atomic E-state index is 12.9. The zero-order valence-electron chi connectivity index (χ0n) is 17.7. The molecule has 0 aliphatic carbocycles. The number of anilines is 1. The first-order valence-corrected chi connectivity index (χ1v) is 11.0. The first kappa shape index (κ1) is 20.7. The number of hydrogen-bond acceptors (Lipinski definition) is 3. The van der Waals surface area contributed by atoms with Crippen LogP contribution in [-0.2, 0) is 4.79 Å². The second-order valence-electron chi connectivity index (χ2n) is 8.29. The van der Waals surface area contributed by atoms with E-state index in [4.69, 9.17) is 0 Å². The van der Waals surface area contributed by atoms with Gasteiger partial charge in [-0.05, 0) is 69.7 Å². The number of rotatable bonds is 5. The van der Waals surface area contributed by atoms with Gasteiger partial charge in [0.25, 0.3) is 5.91 Å². The van der Waals surface area contributed by atoms with Crippen LogP contribution in [0.4, 0.5) is 5.69 Å². The lowest BCUT2D eigenvalue weighted by atomic mass is 9.92. The Morgan fingerprint density at radius 2 is 1.43 bits per heavy atom. The molecular formula is C23H35N3O2. The number of carbonyl (C=O) groups excluding carboxylic acids is 2. The van der Waals surface area contributed by atoms with Crippen molar-refractivity contribution in [1.82, 2.24) is 9.80 Å². The zero-order valence-corrected chi connectivity index (χ0v) is 17.7.